The first-order valence-corrected chi connectivity index (χ1v) is 10.7. The molecule has 1 saturated heterocycles. The van der Waals surface area contributed by atoms with Crippen molar-refractivity contribution >= 4 is 17.5 Å². The van der Waals surface area contributed by atoms with Crippen molar-refractivity contribution in [2.45, 2.75) is 53.1 Å². The monoisotopic (exact) mass is 410 g/mol. The Bertz CT molecular complexity index is 623. The van der Waals surface area contributed by atoms with Crippen LogP contribution >= 0.6 is 11.6 Å². The lowest BCUT2D eigenvalue weighted by molar-refractivity contribution is 0.0811. The molecule has 1 N–H and O–H groups in total. The average molecular weight is 411 g/mol. The first-order valence-electron chi connectivity index (χ1n) is 10.3. The van der Waals surface area contributed by atoms with Crippen LogP contribution in [0.4, 0.5) is 0 Å². The fourth-order valence-corrected chi connectivity index (χ4v) is 3.62. The van der Waals surface area contributed by atoms with E-state index in [2.05, 4.69) is 31.0 Å². The van der Waals surface area contributed by atoms with E-state index in [0.29, 0.717) is 41.5 Å². The number of hydrogen-bond donors (Lipinski definition) is 1. The van der Waals surface area contributed by atoms with Crippen LogP contribution in [0.2, 0.25) is 5.02 Å². The van der Waals surface area contributed by atoms with E-state index in [-0.39, 0.29) is 12.0 Å². The molecule has 1 amide bonds. The first-order chi connectivity index (χ1) is 13.3. The zero-order chi connectivity index (χ0) is 20.6. The molecule has 6 heteroatoms. The molecule has 1 aliphatic heterocycles. The van der Waals surface area contributed by atoms with E-state index in [1.54, 1.807) is 18.2 Å². The Morgan fingerprint density at radius 2 is 2.00 bits per heavy atom. The highest BCUT2D eigenvalue weighted by Crippen LogP contribution is 2.29. The number of carbonyl (C=O) groups excluding carboxylic acids is 1. The van der Waals surface area contributed by atoms with Gasteiger partial charge in [-0.05, 0) is 49.8 Å². The molecule has 1 aromatic rings. The normalized spacial score (nSPS) is 16.2. The second-order valence-corrected chi connectivity index (χ2v) is 9.01. The maximum Gasteiger partial charge on any atom is 0.251 e. The van der Waals surface area contributed by atoms with Gasteiger partial charge < -0.3 is 19.7 Å². The summed E-state index contributed by atoms with van der Waals surface area (Å²) in [7, 11) is 0. The van der Waals surface area contributed by atoms with Crippen molar-refractivity contribution in [2.75, 3.05) is 39.4 Å². The van der Waals surface area contributed by atoms with Crippen LogP contribution in [0.5, 0.6) is 5.75 Å². The number of nitrogens with zero attached hydrogens (tertiary/aromatic N) is 1. The highest BCUT2D eigenvalue weighted by Gasteiger charge is 2.24. The SMILES string of the molecule is CCOCCCNC(=O)c1ccc(OC2CCN(CC(C)(C)C)CC2)c(Cl)c1. The topological polar surface area (TPSA) is 50.8 Å². The van der Waals surface area contributed by atoms with Gasteiger partial charge in [-0.1, -0.05) is 32.4 Å². The third-order valence-corrected chi connectivity index (χ3v) is 4.97. The van der Waals surface area contributed by atoms with Crippen LogP contribution in [0.15, 0.2) is 18.2 Å². The Balaban J connectivity index is 1.80. The molecule has 2 rings (SSSR count). The number of benzene rings is 1. The second-order valence-electron chi connectivity index (χ2n) is 8.61. The minimum absolute atomic E-state index is 0.125. The minimum atomic E-state index is -0.125. The molecule has 1 fully saturated rings. The quantitative estimate of drug-likeness (QED) is 0.613. The highest BCUT2D eigenvalue weighted by atomic mass is 35.5. The van der Waals surface area contributed by atoms with Crippen LogP contribution in [0.1, 0.15) is 57.3 Å². The molecular weight excluding hydrogens is 376 g/mol. The Morgan fingerprint density at radius 1 is 1.29 bits per heavy atom. The number of halogens is 1. The fourth-order valence-electron chi connectivity index (χ4n) is 3.40. The summed E-state index contributed by atoms with van der Waals surface area (Å²) in [5.41, 5.74) is 0.866. The number of rotatable bonds is 9. The van der Waals surface area contributed by atoms with Crippen molar-refractivity contribution < 1.29 is 14.3 Å². The molecule has 158 valence electrons. The zero-order valence-corrected chi connectivity index (χ0v) is 18.5. The molecule has 0 bridgehead atoms. The molecule has 0 atom stereocenters. The van der Waals surface area contributed by atoms with E-state index in [1.165, 1.54) is 0 Å². The summed E-state index contributed by atoms with van der Waals surface area (Å²) < 4.78 is 11.4. The zero-order valence-electron chi connectivity index (χ0n) is 17.7. The second kappa shape index (κ2) is 11.0. The van der Waals surface area contributed by atoms with E-state index in [9.17, 15) is 4.79 Å². The van der Waals surface area contributed by atoms with Crippen LogP contribution in [0, 0.1) is 5.41 Å². The molecule has 0 saturated carbocycles. The Hall–Kier alpha value is -1.30. The molecular formula is C22H35ClN2O3. The summed E-state index contributed by atoms with van der Waals surface area (Å²) in [6.07, 6.45) is 2.96. The average Bonchev–Trinajstić information content (AvgIpc) is 2.63. The standard InChI is InChI=1S/C22H35ClN2O3/c1-5-27-14-6-11-24-21(26)17-7-8-20(19(23)15-17)28-18-9-12-25(13-10-18)16-22(2,3)4/h7-8,15,18H,5-6,9-14,16H2,1-4H3,(H,24,26). The van der Waals surface area contributed by atoms with Crippen molar-refractivity contribution in [1.29, 1.82) is 0 Å². The molecule has 0 unspecified atom stereocenters. The van der Waals surface area contributed by atoms with Gasteiger partial charge in [-0.2, -0.15) is 0 Å². The van der Waals surface area contributed by atoms with Crippen LogP contribution in [0.3, 0.4) is 0 Å². The predicted octanol–water partition coefficient (Wildman–Crippen LogP) is 4.39. The summed E-state index contributed by atoms with van der Waals surface area (Å²) in [4.78, 5) is 14.7. The molecule has 0 radical (unpaired) electrons. The van der Waals surface area contributed by atoms with E-state index >= 15 is 0 Å². The predicted molar refractivity (Wildman–Crippen MR) is 114 cm³/mol. The summed E-state index contributed by atoms with van der Waals surface area (Å²) in [5.74, 6) is 0.532. The van der Waals surface area contributed by atoms with Crippen LogP contribution in [0.25, 0.3) is 0 Å². The summed E-state index contributed by atoms with van der Waals surface area (Å²) in [6.45, 7) is 13.9. The molecule has 0 aliphatic carbocycles. The largest absolute Gasteiger partial charge is 0.489 e. The molecule has 1 aliphatic rings. The minimum Gasteiger partial charge on any atom is -0.489 e. The highest BCUT2D eigenvalue weighted by molar-refractivity contribution is 6.32. The van der Waals surface area contributed by atoms with Crippen molar-refractivity contribution in [3.63, 3.8) is 0 Å². The van der Waals surface area contributed by atoms with E-state index in [1.807, 2.05) is 6.92 Å². The molecule has 5 nitrogen and oxygen atoms in total. The number of piperidine rings is 1. The van der Waals surface area contributed by atoms with Gasteiger partial charge in [0.05, 0.1) is 5.02 Å². The van der Waals surface area contributed by atoms with Gasteiger partial charge >= 0.3 is 0 Å². The third kappa shape index (κ3) is 7.98. The number of hydrogen-bond acceptors (Lipinski definition) is 4. The van der Waals surface area contributed by atoms with Crippen LogP contribution in [-0.4, -0.2) is 56.3 Å². The van der Waals surface area contributed by atoms with Crippen molar-refractivity contribution in [2.24, 2.45) is 5.41 Å². The maximum absolute atomic E-state index is 12.2. The van der Waals surface area contributed by atoms with Gasteiger partial charge in [0.1, 0.15) is 11.9 Å². The van der Waals surface area contributed by atoms with Crippen molar-refractivity contribution in [1.82, 2.24) is 10.2 Å². The van der Waals surface area contributed by atoms with Gasteiger partial charge in [0.2, 0.25) is 0 Å². The third-order valence-electron chi connectivity index (χ3n) is 4.68. The van der Waals surface area contributed by atoms with Gasteiger partial charge in [0.15, 0.2) is 0 Å². The lowest BCUT2D eigenvalue weighted by Gasteiger charge is -2.36. The lowest BCUT2D eigenvalue weighted by atomic mass is 9.94. The Labute approximate surface area is 174 Å². The van der Waals surface area contributed by atoms with Gasteiger partial charge in [0, 0.05) is 45.0 Å². The molecule has 0 aromatic heterocycles. The van der Waals surface area contributed by atoms with Gasteiger partial charge in [0.25, 0.3) is 5.91 Å². The van der Waals surface area contributed by atoms with E-state index in [0.717, 1.165) is 38.9 Å². The van der Waals surface area contributed by atoms with Crippen LogP contribution < -0.4 is 10.1 Å². The summed E-state index contributed by atoms with van der Waals surface area (Å²) in [6, 6.07) is 5.26. The smallest absolute Gasteiger partial charge is 0.251 e. The number of nitrogens with one attached hydrogen (secondary N) is 1. The van der Waals surface area contributed by atoms with E-state index < -0.39 is 0 Å². The van der Waals surface area contributed by atoms with E-state index in [4.69, 9.17) is 21.1 Å². The number of carbonyl (C=O) groups is 1. The van der Waals surface area contributed by atoms with Crippen molar-refractivity contribution in [3.8, 4) is 5.75 Å². The molecule has 1 heterocycles. The first kappa shape index (κ1) is 23.0. The number of ether oxygens (including phenoxy) is 2. The molecule has 28 heavy (non-hydrogen) atoms. The Morgan fingerprint density at radius 3 is 2.61 bits per heavy atom. The molecule has 0 spiro atoms. The van der Waals surface area contributed by atoms with Crippen molar-refractivity contribution in [3.05, 3.63) is 28.8 Å². The molecule has 1 aromatic carbocycles. The van der Waals surface area contributed by atoms with Gasteiger partial charge in [-0.15, -0.1) is 0 Å². The Kier molecular flexibility index (Phi) is 9.06. The lowest BCUT2D eigenvalue weighted by Crippen LogP contribution is -2.42. The van der Waals surface area contributed by atoms with Gasteiger partial charge in [-0.3, -0.25) is 4.79 Å². The van der Waals surface area contributed by atoms with Gasteiger partial charge in [-0.25, -0.2) is 0 Å². The maximum atomic E-state index is 12.2. The summed E-state index contributed by atoms with van der Waals surface area (Å²) in [5, 5.41) is 3.37. The summed E-state index contributed by atoms with van der Waals surface area (Å²) >= 11 is 6.38. The fraction of sp³-hybridized carbons (Fsp3) is 0.682. The number of amides is 1. The number of likely N-dealkylation sites (tertiary alicyclic amines) is 1. The van der Waals surface area contributed by atoms with Crippen LogP contribution in [-0.2, 0) is 4.74 Å².